The maximum atomic E-state index is 15.1. The van der Waals surface area contributed by atoms with Crippen LogP contribution in [0.5, 0.6) is 0 Å². The lowest BCUT2D eigenvalue weighted by Gasteiger charge is -2.30. The summed E-state index contributed by atoms with van der Waals surface area (Å²) in [5.74, 6) is -0.00257. The minimum atomic E-state index is -0.317. The molecule has 0 atom stereocenters. The fourth-order valence-electron chi connectivity index (χ4n) is 8.41. The highest BCUT2D eigenvalue weighted by molar-refractivity contribution is 5.85. The Labute approximate surface area is 339 Å². The Morgan fingerprint density at radius 1 is 0.627 bits per heavy atom. The second kappa shape index (κ2) is 16.0. The number of aromatic nitrogens is 10. The first-order chi connectivity index (χ1) is 28.6. The SMILES string of the molecule is Cc1cn2nc(-c3cc(F)c4cc(C5CCN(CCO)CC5)nnc4c3)cc(C)c2n1.Cc1cn2nc(-c3cc(F)c4cc(C5CCNCC5)nnc4c3)cc(C)c2n1. The van der Waals surface area contributed by atoms with Gasteiger partial charge in [-0.2, -0.15) is 30.6 Å². The fraction of sp³-hybridized carbons (Fsp3) is 0.364. The number of aliphatic hydroxyl groups excluding tert-OH is 1. The van der Waals surface area contributed by atoms with E-state index in [2.05, 4.69) is 50.8 Å². The quantitative estimate of drug-likeness (QED) is 0.183. The van der Waals surface area contributed by atoms with Crippen LogP contribution in [0.15, 0.2) is 60.9 Å². The molecule has 2 aromatic carbocycles. The zero-order chi connectivity index (χ0) is 40.8. The summed E-state index contributed by atoms with van der Waals surface area (Å²) in [6.45, 7) is 12.4. The number of β-amino-alcohol motifs (C(OH)–C–C–N with tert-alkyl or cyclic N) is 1. The monoisotopic (exact) mass is 796 g/mol. The molecule has 2 aliphatic rings. The van der Waals surface area contributed by atoms with Crippen molar-refractivity contribution in [2.45, 2.75) is 65.2 Å². The normalized spacial score (nSPS) is 15.7. The zero-order valence-corrected chi connectivity index (χ0v) is 33.6. The summed E-state index contributed by atoms with van der Waals surface area (Å²) in [5.41, 5.74) is 10.9. The van der Waals surface area contributed by atoms with Crippen LogP contribution in [0.3, 0.4) is 0 Å². The Hall–Kier alpha value is -5.90. The van der Waals surface area contributed by atoms with E-state index in [1.54, 1.807) is 9.03 Å². The van der Waals surface area contributed by atoms with Crippen LogP contribution in [-0.4, -0.2) is 98.9 Å². The Kier molecular flexibility index (Phi) is 10.5. The number of imidazole rings is 2. The summed E-state index contributed by atoms with van der Waals surface area (Å²) < 4.78 is 33.6. The highest BCUT2D eigenvalue weighted by atomic mass is 19.1. The van der Waals surface area contributed by atoms with Crippen molar-refractivity contribution >= 4 is 33.1 Å². The van der Waals surface area contributed by atoms with Gasteiger partial charge in [0.05, 0.1) is 64.2 Å². The second-order valence-corrected chi connectivity index (χ2v) is 15.9. The van der Waals surface area contributed by atoms with Crippen molar-refractivity contribution in [1.29, 1.82) is 0 Å². The molecule has 302 valence electrons. The van der Waals surface area contributed by atoms with Crippen LogP contribution >= 0.6 is 0 Å². The number of hydrogen-bond donors (Lipinski definition) is 2. The van der Waals surface area contributed by atoms with Crippen LogP contribution in [0.4, 0.5) is 8.78 Å². The first-order valence-corrected chi connectivity index (χ1v) is 20.3. The lowest BCUT2D eigenvalue weighted by Crippen LogP contribution is -2.35. The Bertz CT molecular complexity index is 2840. The smallest absolute Gasteiger partial charge is 0.156 e. The van der Waals surface area contributed by atoms with Crippen LogP contribution in [0.25, 0.3) is 55.6 Å². The maximum absolute atomic E-state index is 15.1. The van der Waals surface area contributed by atoms with E-state index in [-0.39, 0.29) is 24.2 Å². The Morgan fingerprint density at radius 2 is 1.10 bits per heavy atom. The van der Waals surface area contributed by atoms with E-state index in [9.17, 15) is 4.39 Å². The van der Waals surface area contributed by atoms with Gasteiger partial charge in [0.25, 0.3) is 0 Å². The largest absolute Gasteiger partial charge is 0.395 e. The van der Waals surface area contributed by atoms with Crippen molar-refractivity contribution in [3.05, 3.63) is 106 Å². The molecule has 2 N–H and O–H groups in total. The molecule has 15 heteroatoms. The molecule has 13 nitrogen and oxygen atoms in total. The Balaban J connectivity index is 0.000000153. The molecule has 2 saturated heterocycles. The topological polar surface area (TPSA) is 147 Å². The first kappa shape index (κ1) is 38.6. The summed E-state index contributed by atoms with van der Waals surface area (Å²) in [5, 5.41) is 40.2. The number of likely N-dealkylation sites (tertiary alicyclic amines) is 1. The number of hydrogen-bond acceptors (Lipinski definition) is 11. The van der Waals surface area contributed by atoms with Gasteiger partial charge in [0.15, 0.2) is 11.3 Å². The van der Waals surface area contributed by atoms with Crippen LogP contribution in [0.2, 0.25) is 0 Å². The minimum absolute atomic E-state index is 0.176. The molecule has 2 aliphatic heterocycles. The van der Waals surface area contributed by atoms with Gasteiger partial charge in [0.2, 0.25) is 0 Å². The molecule has 6 aromatic heterocycles. The van der Waals surface area contributed by atoms with Crippen molar-refractivity contribution in [2.24, 2.45) is 0 Å². The highest BCUT2D eigenvalue weighted by Gasteiger charge is 2.23. The highest BCUT2D eigenvalue weighted by Crippen LogP contribution is 2.32. The van der Waals surface area contributed by atoms with Crippen molar-refractivity contribution in [1.82, 2.24) is 59.8 Å². The number of nitrogens with one attached hydrogen (secondary N) is 1. The van der Waals surface area contributed by atoms with Crippen molar-refractivity contribution in [3.8, 4) is 22.5 Å². The number of fused-ring (bicyclic) bond motifs is 4. The zero-order valence-electron chi connectivity index (χ0n) is 33.6. The second-order valence-electron chi connectivity index (χ2n) is 15.9. The molecule has 0 radical (unpaired) electrons. The first-order valence-electron chi connectivity index (χ1n) is 20.3. The number of piperidine rings is 2. The van der Waals surface area contributed by atoms with Gasteiger partial charge in [0.1, 0.15) is 11.6 Å². The lowest BCUT2D eigenvalue weighted by molar-refractivity contribution is 0.163. The molecular weight excluding hydrogens is 751 g/mol. The van der Waals surface area contributed by atoms with Crippen molar-refractivity contribution in [2.75, 3.05) is 39.3 Å². The predicted molar refractivity (Wildman–Crippen MR) is 222 cm³/mol. The molecule has 0 aliphatic carbocycles. The van der Waals surface area contributed by atoms with Crippen LogP contribution < -0.4 is 5.32 Å². The van der Waals surface area contributed by atoms with Crippen LogP contribution in [0.1, 0.15) is 71.4 Å². The number of nitrogens with zero attached hydrogens (tertiary/aromatic N) is 11. The van der Waals surface area contributed by atoms with Gasteiger partial charge in [0, 0.05) is 40.3 Å². The molecule has 8 aromatic rings. The van der Waals surface area contributed by atoms with Crippen molar-refractivity contribution in [3.63, 3.8) is 0 Å². The van der Waals surface area contributed by atoms with E-state index in [4.69, 9.17) is 5.11 Å². The molecule has 0 amide bonds. The molecule has 0 spiro atoms. The summed E-state index contributed by atoms with van der Waals surface area (Å²) in [4.78, 5) is 11.2. The van der Waals surface area contributed by atoms with E-state index >= 15 is 4.39 Å². The molecule has 10 rings (SSSR count). The summed E-state index contributed by atoms with van der Waals surface area (Å²) in [6.07, 6.45) is 7.62. The van der Waals surface area contributed by atoms with E-state index in [1.165, 1.54) is 12.1 Å². The number of rotatable bonds is 6. The number of aliphatic hydroxyl groups is 1. The van der Waals surface area contributed by atoms with Gasteiger partial charge in [-0.1, -0.05) is 0 Å². The molecule has 59 heavy (non-hydrogen) atoms. The molecule has 0 bridgehead atoms. The van der Waals surface area contributed by atoms with Gasteiger partial charge in [-0.15, -0.1) is 0 Å². The number of benzene rings is 2. The van der Waals surface area contributed by atoms with Gasteiger partial charge in [-0.05, 0) is 139 Å². The lowest BCUT2D eigenvalue weighted by atomic mass is 9.92. The average Bonchev–Trinajstić information content (AvgIpc) is 3.83. The standard InChI is InChI=1S/C23H25FN6O.C21H21FN6/c1-14-9-21(28-30-13-15(2)25-23(14)30)17-10-19(24)18-12-20(26-27-22(18)11-17)16-3-5-29(6-4-16)7-8-31;1-12-7-19(27-28-11-13(2)24-21(12)28)15-8-17(22)16-10-18(25-26-20(16)9-15)14-3-5-23-6-4-14/h9-13,16,31H,3-8H2,1-2H3;7-11,14,23H,3-6H2,1-2H3. The number of aryl methyl sites for hydroxylation is 4. The Morgan fingerprint density at radius 3 is 1.58 bits per heavy atom. The molecule has 8 heterocycles. The van der Waals surface area contributed by atoms with Gasteiger partial charge < -0.3 is 15.3 Å². The maximum Gasteiger partial charge on any atom is 0.156 e. The minimum Gasteiger partial charge on any atom is -0.395 e. The third-order valence-corrected chi connectivity index (χ3v) is 11.6. The average molecular weight is 797 g/mol. The van der Waals surface area contributed by atoms with Gasteiger partial charge >= 0.3 is 0 Å². The van der Waals surface area contributed by atoms with Crippen LogP contribution in [0, 0.1) is 39.3 Å². The summed E-state index contributed by atoms with van der Waals surface area (Å²) >= 11 is 0. The third kappa shape index (κ3) is 7.85. The summed E-state index contributed by atoms with van der Waals surface area (Å²) in [6, 6.07) is 14.3. The third-order valence-electron chi connectivity index (χ3n) is 11.6. The van der Waals surface area contributed by atoms with E-state index < -0.39 is 0 Å². The van der Waals surface area contributed by atoms with E-state index in [1.807, 2.05) is 76.5 Å². The van der Waals surface area contributed by atoms with Crippen LogP contribution in [-0.2, 0) is 0 Å². The van der Waals surface area contributed by atoms with Gasteiger partial charge in [-0.25, -0.2) is 27.8 Å². The fourth-order valence-corrected chi connectivity index (χ4v) is 8.41. The molecule has 0 unspecified atom stereocenters. The van der Waals surface area contributed by atoms with Gasteiger partial charge in [-0.3, -0.25) is 0 Å². The summed E-state index contributed by atoms with van der Waals surface area (Å²) in [7, 11) is 0. The predicted octanol–water partition coefficient (Wildman–Crippen LogP) is 6.83. The number of halogens is 2. The van der Waals surface area contributed by atoms with Crippen molar-refractivity contribution < 1.29 is 13.9 Å². The molecular formula is C44H46F2N12O. The van der Waals surface area contributed by atoms with E-state index in [0.29, 0.717) is 56.8 Å². The molecule has 2 fully saturated rings. The molecule has 0 saturated carbocycles. The van der Waals surface area contributed by atoms with E-state index in [0.717, 1.165) is 97.1 Å².